The molecule has 3 atom stereocenters. The van der Waals surface area contributed by atoms with Crippen LogP contribution in [0.4, 0.5) is 0 Å². The molecule has 1 heterocycles. The van der Waals surface area contributed by atoms with Gasteiger partial charge in [0.1, 0.15) is 0 Å². The lowest BCUT2D eigenvalue weighted by molar-refractivity contribution is 0.177. The van der Waals surface area contributed by atoms with E-state index < -0.39 is 0 Å². The van der Waals surface area contributed by atoms with Crippen LogP contribution >= 0.6 is 0 Å². The average molecular weight is 278 g/mol. The van der Waals surface area contributed by atoms with Gasteiger partial charge in [-0.1, -0.05) is 26.2 Å². The summed E-state index contributed by atoms with van der Waals surface area (Å²) < 4.78 is 0. The zero-order valence-electron chi connectivity index (χ0n) is 13.4. The van der Waals surface area contributed by atoms with Crippen molar-refractivity contribution < 1.29 is 0 Å². The van der Waals surface area contributed by atoms with Crippen molar-refractivity contribution in [1.82, 2.24) is 10.6 Å². The minimum atomic E-state index is 0.808. The number of hydrogen-bond acceptors (Lipinski definition) is 2. The van der Waals surface area contributed by atoms with Gasteiger partial charge in [-0.15, -0.1) is 0 Å². The molecule has 3 fully saturated rings. The Kier molecular flexibility index (Phi) is 5.39. The molecule has 2 aliphatic carbocycles. The van der Waals surface area contributed by atoms with Gasteiger partial charge in [-0.3, -0.25) is 0 Å². The molecule has 3 aliphatic rings. The first-order chi connectivity index (χ1) is 9.86. The quantitative estimate of drug-likeness (QED) is 0.816. The second-order valence-electron chi connectivity index (χ2n) is 7.55. The fraction of sp³-hybridized carbons (Fsp3) is 1.00. The number of nitrogens with one attached hydrogen (secondary N) is 2. The summed E-state index contributed by atoms with van der Waals surface area (Å²) in [5.74, 6) is 1.93. The predicted octanol–water partition coefficient (Wildman–Crippen LogP) is 3.86. The Morgan fingerprint density at radius 3 is 2.40 bits per heavy atom. The van der Waals surface area contributed by atoms with Crippen molar-refractivity contribution in [2.75, 3.05) is 6.54 Å². The highest BCUT2D eigenvalue weighted by Gasteiger charge is 2.34. The molecule has 20 heavy (non-hydrogen) atoms. The van der Waals surface area contributed by atoms with Crippen LogP contribution in [0.1, 0.15) is 77.6 Å². The zero-order chi connectivity index (χ0) is 13.8. The van der Waals surface area contributed by atoms with Gasteiger partial charge in [-0.05, 0) is 69.7 Å². The lowest BCUT2D eigenvalue weighted by Crippen LogP contribution is -2.50. The Morgan fingerprint density at radius 2 is 1.70 bits per heavy atom. The van der Waals surface area contributed by atoms with E-state index in [1.54, 1.807) is 0 Å². The SMILES string of the molecule is CCC1CCC(NC2CCCCC2C2CCCN2)CC1. The summed E-state index contributed by atoms with van der Waals surface area (Å²) >= 11 is 0. The van der Waals surface area contributed by atoms with Crippen molar-refractivity contribution in [3.8, 4) is 0 Å². The summed E-state index contributed by atoms with van der Waals surface area (Å²) in [6.07, 6.45) is 15.8. The predicted molar refractivity (Wildman–Crippen MR) is 85.9 cm³/mol. The molecule has 0 spiro atoms. The van der Waals surface area contributed by atoms with E-state index in [1.807, 2.05) is 0 Å². The summed E-state index contributed by atoms with van der Waals surface area (Å²) in [5, 5.41) is 7.86. The van der Waals surface area contributed by atoms with Gasteiger partial charge in [0.05, 0.1) is 0 Å². The van der Waals surface area contributed by atoms with Gasteiger partial charge in [-0.2, -0.15) is 0 Å². The highest BCUT2D eigenvalue weighted by atomic mass is 15.0. The molecule has 2 heteroatoms. The molecular formula is C18H34N2. The van der Waals surface area contributed by atoms with E-state index in [0.717, 1.165) is 30.0 Å². The fourth-order valence-electron chi connectivity index (χ4n) is 4.97. The Bertz CT molecular complexity index is 277. The maximum absolute atomic E-state index is 4.09. The van der Waals surface area contributed by atoms with Gasteiger partial charge in [0.2, 0.25) is 0 Å². The second kappa shape index (κ2) is 7.26. The summed E-state index contributed by atoms with van der Waals surface area (Å²) in [5.41, 5.74) is 0. The third-order valence-electron chi connectivity index (χ3n) is 6.31. The third-order valence-corrected chi connectivity index (χ3v) is 6.31. The molecule has 0 aromatic carbocycles. The van der Waals surface area contributed by atoms with E-state index in [0.29, 0.717) is 0 Å². The van der Waals surface area contributed by atoms with Crippen LogP contribution in [0.2, 0.25) is 0 Å². The van der Waals surface area contributed by atoms with E-state index >= 15 is 0 Å². The van der Waals surface area contributed by atoms with Crippen molar-refractivity contribution in [1.29, 1.82) is 0 Å². The lowest BCUT2D eigenvalue weighted by atomic mass is 9.77. The first-order valence-electron chi connectivity index (χ1n) is 9.36. The molecule has 116 valence electrons. The third kappa shape index (κ3) is 3.57. The maximum Gasteiger partial charge on any atom is 0.0113 e. The summed E-state index contributed by atoms with van der Waals surface area (Å²) in [6, 6.07) is 2.45. The molecule has 3 rings (SSSR count). The second-order valence-corrected chi connectivity index (χ2v) is 7.55. The van der Waals surface area contributed by atoms with Crippen LogP contribution in [-0.4, -0.2) is 24.7 Å². The van der Waals surface area contributed by atoms with Crippen molar-refractivity contribution in [3.63, 3.8) is 0 Å². The molecule has 0 radical (unpaired) electrons. The molecule has 0 aromatic heterocycles. The van der Waals surface area contributed by atoms with Crippen LogP contribution in [-0.2, 0) is 0 Å². The molecule has 3 unspecified atom stereocenters. The van der Waals surface area contributed by atoms with E-state index in [1.165, 1.54) is 77.2 Å². The molecule has 0 bridgehead atoms. The maximum atomic E-state index is 4.09. The van der Waals surface area contributed by atoms with Gasteiger partial charge in [0.25, 0.3) is 0 Å². The van der Waals surface area contributed by atoms with Crippen LogP contribution in [0.25, 0.3) is 0 Å². The Hall–Kier alpha value is -0.0800. The molecule has 0 aromatic rings. The minimum absolute atomic E-state index is 0.808. The molecule has 0 amide bonds. The van der Waals surface area contributed by atoms with Gasteiger partial charge in [-0.25, -0.2) is 0 Å². The average Bonchev–Trinajstić information content (AvgIpc) is 3.03. The summed E-state index contributed by atoms with van der Waals surface area (Å²) in [6.45, 7) is 3.62. The van der Waals surface area contributed by atoms with E-state index in [-0.39, 0.29) is 0 Å². The van der Waals surface area contributed by atoms with Crippen molar-refractivity contribution in [2.45, 2.75) is 95.7 Å². The van der Waals surface area contributed by atoms with Gasteiger partial charge in [0, 0.05) is 18.1 Å². The van der Waals surface area contributed by atoms with Gasteiger partial charge < -0.3 is 10.6 Å². The van der Waals surface area contributed by atoms with Gasteiger partial charge >= 0.3 is 0 Å². The Labute approximate surface area is 125 Å². The summed E-state index contributed by atoms with van der Waals surface area (Å²) in [4.78, 5) is 0. The van der Waals surface area contributed by atoms with Crippen LogP contribution in [0.5, 0.6) is 0 Å². The first kappa shape index (κ1) is 14.8. The largest absolute Gasteiger partial charge is 0.314 e. The molecule has 2 nitrogen and oxygen atoms in total. The monoisotopic (exact) mass is 278 g/mol. The molecule has 2 N–H and O–H groups in total. The van der Waals surface area contributed by atoms with Crippen molar-refractivity contribution >= 4 is 0 Å². The van der Waals surface area contributed by atoms with Crippen molar-refractivity contribution in [2.24, 2.45) is 11.8 Å². The van der Waals surface area contributed by atoms with E-state index in [9.17, 15) is 0 Å². The van der Waals surface area contributed by atoms with Crippen LogP contribution in [0.15, 0.2) is 0 Å². The smallest absolute Gasteiger partial charge is 0.0113 e. The summed E-state index contributed by atoms with van der Waals surface area (Å²) in [7, 11) is 0. The Balaban J connectivity index is 1.51. The Morgan fingerprint density at radius 1 is 0.900 bits per heavy atom. The highest BCUT2D eigenvalue weighted by Crippen LogP contribution is 2.33. The van der Waals surface area contributed by atoms with E-state index in [4.69, 9.17) is 0 Å². The van der Waals surface area contributed by atoms with Crippen LogP contribution in [0.3, 0.4) is 0 Å². The number of hydrogen-bond donors (Lipinski definition) is 2. The zero-order valence-corrected chi connectivity index (χ0v) is 13.4. The molecular weight excluding hydrogens is 244 g/mol. The first-order valence-corrected chi connectivity index (χ1v) is 9.36. The van der Waals surface area contributed by atoms with Crippen LogP contribution in [0, 0.1) is 11.8 Å². The molecule has 1 aliphatic heterocycles. The number of rotatable bonds is 4. The van der Waals surface area contributed by atoms with Crippen LogP contribution < -0.4 is 10.6 Å². The molecule has 2 saturated carbocycles. The van der Waals surface area contributed by atoms with Gasteiger partial charge in [0.15, 0.2) is 0 Å². The van der Waals surface area contributed by atoms with E-state index in [2.05, 4.69) is 17.6 Å². The normalized spacial score (nSPS) is 42.8. The topological polar surface area (TPSA) is 24.1 Å². The standard InChI is InChI=1S/C18H34N2/c1-2-14-9-11-15(12-10-14)20-18-7-4-3-6-16(18)17-8-5-13-19-17/h14-20H,2-13H2,1H3. The molecule has 1 saturated heterocycles. The fourth-order valence-corrected chi connectivity index (χ4v) is 4.97. The minimum Gasteiger partial charge on any atom is -0.314 e. The highest BCUT2D eigenvalue weighted by molar-refractivity contribution is 4.93. The lowest BCUT2D eigenvalue weighted by Gasteiger charge is -2.40. The van der Waals surface area contributed by atoms with Crippen molar-refractivity contribution in [3.05, 3.63) is 0 Å².